The highest BCUT2D eigenvalue weighted by Gasteiger charge is 2.13. The SMILES string of the molecule is CCNC(=O)NCC#CCOc1ccc2c(c1)OCO2. The second-order valence-corrected chi connectivity index (χ2v) is 3.87. The van der Waals surface area contributed by atoms with Crippen molar-refractivity contribution < 1.29 is 19.0 Å². The number of benzene rings is 1. The van der Waals surface area contributed by atoms with Gasteiger partial charge in [0.1, 0.15) is 12.4 Å². The van der Waals surface area contributed by atoms with Crippen molar-refractivity contribution in [2.24, 2.45) is 0 Å². The van der Waals surface area contributed by atoms with Crippen LogP contribution in [0.3, 0.4) is 0 Å². The molecule has 1 aliphatic rings. The van der Waals surface area contributed by atoms with Crippen LogP contribution in [0.4, 0.5) is 4.79 Å². The van der Waals surface area contributed by atoms with Crippen molar-refractivity contribution in [1.82, 2.24) is 10.6 Å². The van der Waals surface area contributed by atoms with Gasteiger partial charge in [0.05, 0.1) is 6.54 Å². The first-order valence-corrected chi connectivity index (χ1v) is 6.29. The Labute approximate surface area is 117 Å². The third kappa shape index (κ3) is 3.99. The molecule has 0 bridgehead atoms. The summed E-state index contributed by atoms with van der Waals surface area (Å²) in [6.45, 7) is 3.22. The molecule has 2 rings (SSSR count). The molecule has 0 aliphatic carbocycles. The summed E-state index contributed by atoms with van der Waals surface area (Å²) in [6.07, 6.45) is 0. The minimum Gasteiger partial charge on any atom is -0.481 e. The van der Waals surface area contributed by atoms with Crippen LogP contribution in [0, 0.1) is 11.8 Å². The van der Waals surface area contributed by atoms with Crippen molar-refractivity contribution in [3.63, 3.8) is 0 Å². The molecule has 6 heteroatoms. The fourth-order valence-corrected chi connectivity index (χ4v) is 1.55. The molecule has 1 aromatic carbocycles. The number of amides is 2. The van der Waals surface area contributed by atoms with Crippen LogP contribution in [0.5, 0.6) is 17.2 Å². The summed E-state index contributed by atoms with van der Waals surface area (Å²) >= 11 is 0. The molecule has 1 heterocycles. The molecule has 0 unspecified atom stereocenters. The van der Waals surface area contributed by atoms with Gasteiger partial charge < -0.3 is 24.8 Å². The van der Waals surface area contributed by atoms with Crippen LogP contribution in [-0.4, -0.2) is 32.5 Å². The number of ether oxygens (including phenoxy) is 3. The van der Waals surface area contributed by atoms with Gasteiger partial charge in [-0.2, -0.15) is 0 Å². The predicted octanol–water partition coefficient (Wildman–Crippen LogP) is 1.12. The van der Waals surface area contributed by atoms with Gasteiger partial charge >= 0.3 is 6.03 Å². The molecule has 0 atom stereocenters. The number of hydrogen-bond donors (Lipinski definition) is 2. The highest BCUT2D eigenvalue weighted by atomic mass is 16.7. The lowest BCUT2D eigenvalue weighted by Gasteiger charge is -2.03. The van der Waals surface area contributed by atoms with Crippen molar-refractivity contribution in [2.75, 3.05) is 26.5 Å². The smallest absolute Gasteiger partial charge is 0.315 e. The molecule has 0 saturated carbocycles. The number of hydrogen-bond acceptors (Lipinski definition) is 4. The Balaban J connectivity index is 1.70. The van der Waals surface area contributed by atoms with Gasteiger partial charge in [-0.3, -0.25) is 0 Å². The maximum Gasteiger partial charge on any atom is 0.315 e. The Kier molecular flexibility index (Phi) is 4.95. The maximum atomic E-state index is 11.1. The van der Waals surface area contributed by atoms with Gasteiger partial charge in [-0.25, -0.2) is 4.79 Å². The molecule has 1 aromatic rings. The van der Waals surface area contributed by atoms with Gasteiger partial charge in [0, 0.05) is 12.6 Å². The van der Waals surface area contributed by atoms with Gasteiger partial charge in [-0.05, 0) is 19.1 Å². The number of nitrogens with one attached hydrogen (secondary N) is 2. The van der Waals surface area contributed by atoms with Crippen LogP contribution in [0.2, 0.25) is 0 Å². The van der Waals surface area contributed by atoms with Crippen LogP contribution >= 0.6 is 0 Å². The van der Waals surface area contributed by atoms with Gasteiger partial charge in [-0.15, -0.1) is 0 Å². The Morgan fingerprint density at radius 3 is 3.00 bits per heavy atom. The minimum atomic E-state index is -0.224. The molecular weight excluding hydrogens is 260 g/mol. The van der Waals surface area contributed by atoms with E-state index in [-0.39, 0.29) is 26.0 Å². The molecule has 2 amide bonds. The second-order valence-electron chi connectivity index (χ2n) is 3.87. The first kappa shape index (κ1) is 13.9. The first-order valence-electron chi connectivity index (χ1n) is 6.29. The maximum absolute atomic E-state index is 11.1. The first-order chi connectivity index (χ1) is 9.79. The summed E-state index contributed by atoms with van der Waals surface area (Å²) in [4.78, 5) is 11.1. The zero-order valence-corrected chi connectivity index (χ0v) is 11.2. The molecule has 0 fully saturated rings. The van der Waals surface area contributed by atoms with Crippen LogP contribution in [0.1, 0.15) is 6.92 Å². The molecule has 1 aliphatic heterocycles. The van der Waals surface area contributed by atoms with E-state index >= 15 is 0 Å². The van der Waals surface area contributed by atoms with E-state index in [9.17, 15) is 4.79 Å². The molecule has 0 spiro atoms. The highest BCUT2D eigenvalue weighted by Crippen LogP contribution is 2.34. The number of fused-ring (bicyclic) bond motifs is 1. The van der Waals surface area contributed by atoms with Gasteiger partial charge in [-0.1, -0.05) is 11.8 Å². The zero-order chi connectivity index (χ0) is 14.2. The van der Waals surface area contributed by atoms with Gasteiger partial charge in [0.25, 0.3) is 0 Å². The number of rotatable bonds is 4. The van der Waals surface area contributed by atoms with Crippen LogP contribution < -0.4 is 24.8 Å². The third-order valence-corrected chi connectivity index (χ3v) is 2.45. The second kappa shape index (κ2) is 7.14. The van der Waals surface area contributed by atoms with E-state index < -0.39 is 0 Å². The van der Waals surface area contributed by atoms with E-state index in [4.69, 9.17) is 14.2 Å². The Morgan fingerprint density at radius 2 is 2.15 bits per heavy atom. The van der Waals surface area contributed by atoms with Crippen molar-refractivity contribution in [3.8, 4) is 29.1 Å². The predicted molar refractivity (Wildman–Crippen MR) is 72.9 cm³/mol. The molecule has 0 aromatic heterocycles. The summed E-state index contributed by atoms with van der Waals surface area (Å²) < 4.78 is 15.9. The van der Waals surface area contributed by atoms with E-state index in [2.05, 4.69) is 22.5 Å². The van der Waals surface area contributed by atoms with Gasteiger partial charge in [0.15, 0.2) is 11.5 Å². The fourth-order valence-electron chi connectivity index (χ4n) is 1.55. The van der Waals surface area contributed by atoms with Crippen LogP contribution in [0.25, 0.3) is 0 Å². The van der Waals surface area contributed by atoms with Crippen molar-refractivity contribution in [3.05, 3.63) is 18.2 Å². The minimum absolute atomic E-state index is 0.224. The van der Waals surface area contributed by atoms with E-state index in [0.717, 1.165) is 5.75 Å². The topological polar surface area (TPSA) is 68.8 Å². The quantitative estimate of drug-likeness (QED) is 0.809. The largest absolute Gasteiger partial charge is 0.481 e. The Morgan fingerprint density at radius 1 is 1.30 bits per heavy atom. The molecule has 6 nitrogen and oxygen atoms in total. The molecule has 0 saturated heterocycles. The Bertz CT molecular complexity index is 534. The van der Waals surface area contributed by atoms with Crippen LogP contribution in [-0.2, 0) is 0 Å². The van der Waals surface area contributed by atoms with Crippen molar-refractivity contribution in [1.29, 1.82) is 0 Å². The van der Waals surface area contributed by atoms with E-state index in [1.165, 1.54) is 0 Å². The summed E-state index contributed by atoms with van der Waals surface area (Å²) in [6, 6.07) is 5.12. The molecule has 2 N–H and O–H groups in total. The molecule has 20 heavy (non-hydrogen) atoms. The summed E-state index contributed by atoms with van der Waals surface area (Å²) in [7, 11) is 0. The van der Waals surface area contributed by atoms with E-state index in [1.54, 1.807) is 18.2 Å². The number of carbonyl (C=O) groups excluding carboxylic acids is 1. The van der Waals surface area contributed by atoms with Crippen molar-refractivity contribution >= 4 is 6.03 Å². The fraction of sp³-hybridized carbons (Fsp3) is 0.357. The van der Waals surface area contributed by atoms with Crippen molar-refractivity contribution in [2.45, 2.75) is 6.92 Å². The number of carbonyl (C=O) groups is 1. The lowest BCUT2D eigenvalue weighted by Crippen LogP contribution is -2.35. The third-order valence-electron chi connectivity index (χ3n) is 2.45. The highest BCUT2D eigenvalue weighted by molar-refractivity contribution is 5.73. The summed E-state index contributed by atoms with van der Waals surface area (Å²) in [5, 5.41) is 5.21. The Hall–Kier alpha value is -2.55. The number of urea groups is 1. The summed E-state index contributed by atoms with van der Waals surface area (Å²) in [5.41, 5.74) is 0. The van der Waals surface area contributed by atoms with E-state index in [0.29, 0.717) is 18.0 Å². The van der Waals surface area contributed by atoms with Crippen LogP contribution in [0.15, 0.2) is 18.2 Å². The molecule has 106 valence electrons. The standard InChI is InChI=1S/C14H16N2O4/c1-2-15-14(17)16-7-3-4-8-18-11-5-6-12-13(9-11)20-10-19-12/h5-6,9H,2,7-8,10H2,1H3,(H2,15,16,17). The summed E-state index contributed by atoms with van der Waals surface area (Å²) in [5.74, 6) is 7.67. The van der Waals surface area contributed by atoms with Gasteiger partial charge in [0.2, 0.25) is 6.79 Å². The van der Waals surface area contributed by atoms with E-state index in [1.807, 2.05) is 6.92 Å². The normalized spacial score (nSPS) is 11.2. The zero-order valence-electron chi connectivity index (χ0n) is 11.2. The molecule has 0 radical (unpaired) electrons. The average Bonchev–Trinajstić information content (AvgIpc) is 2.90. The lowest BCUT2D eigenvalue weighted by atomic mass is 10.3. The average molecular weight is 276 g/mol. The lowest BCUT2D eigenvalue weighted by molar-refractivity contribution is 0.174. The monoisotopic (exact) mass is 276 g/mol. The molecular formula is C14H16N2O4.